The van der Waals surface area contributed by atoms with E-state index in [4.69, 9.17) is 35.0 Å². The summed E-state index contributed by atoms with van der Waals surface area (Å²) in [6.45, 7) is 0. The Morgan fingerprint density at radius 3 is 2.38 bits per heavy atom. The summed E-state index contributed by atoms with van der Waals surface area (Å²) in [6, 6.07) is 2.42. The average Bonchev–Trinajstić information content (AvgIpc) is 2.03. The molecule has 0 unspecified atom stereocenters. The summed E-state index contributed by atoms with van der Waals surface area (Å²) in [7, 11) is 0. The molecular formula is C6H3Cl3N2O2. The van der Waals surface area contributed by atoms with Crippen LogP contribution >= 0.6 is 35.0 Å². The lowest BCUT2D eigenvalue weighted by Gasteiger charge is -2.01. The zero-order valence-electron chi connectivity index (χ0n) is 6.05. The first-order valence-electron chi connectivity index (χ1n) is 3.06. The maximum Gasteiger partial charge on any atom is 0.290 e. The molecule has 0 spiro atoms. The maximum absolute atomic E-state index is 10.4. The zero-order valence-corrected chi connectivity index (χ0v) is 8.32. The Labute approximate surface area is 88.7 Å². The number of nitrogens with zero attached hydrogens (tertiary/aromatic N) is 1. The van der Waals surface area contributed by atoms with Crippen molar-refractivity contribution in [1.82, 2.24) is 0 Å². The molecule has 0 aliphatic heterocycles. The second-order valence-electron chi connectivity index (χ2n) is 2.14. The first kappa shape index (κ1) is 10.4. The third-order valence-electron chi connectivity index (χ3n) is 1.33. The van der Waals surface area contributed by atoms with Gasteiger partial charge in [-0.3, -0.25) is 15.0 Å². The van der Waals surface area contributed by atoms with Crippen molar-refractivity contribution in [3.8, 4) is 0 Å². The zero-order chi connectivity index (χ0) is 10.0. The summed E-state index contributed by atoms with van der Waals surface area (Å²) in [6.07, 6.45) is 0. The molecular weight excluding hydrogens is 238 g/mol. The second kappa shape index (κ2) is 4.00. The van der Waals surface area contributed by atoms with Crippen LogP contribution in [0.5, 0.6) is 0 Å². The Morgan fingerprint density at radius 1 is 1.31 bits per heavy atom. The smallest absolute Gasteiger partial charge is 0.290 e. The molecule has 0 radical (unpaired) electrons. The predicted molar refractivity (Wildman–Crippen MR) is 52.6 cm³/mol. The quantitative estimate of drug-likeness (QED) is 0.490. The van der Waals surface area contributed by atoms with E-state index in [1.54, 1.807) is 0 Å². The number of anilines is 1. The van der Waals surface area contributed by atoms with Crippen molar-refractivity contribution in [2.24, 2.45) is 0 Å². The van der Waals surface area contributed by atoms with Crippen LogP contribution in [0.2, 0.25) is 10.0 Å². The number of hydrogen-bond donors (Lipinski definition) is 1. The molecule has 0 amide bonds. The lowest BCUT2D eigenvalue weighted by molar-refractivity contribution is -0.384. The first-order valence-corrected chi connectivity index (χ1v) is 4.19. The number of halogens is 3. The lowest BCUT2D eigenvalue weighted by atomic mass is 10.3. The van der Waals surface area contributed by atoms with Crippen LogP contribution in [-0.2, 0) is 0 Å². The Bertz CT molecular complexity index is 356. The molecule has 0 aliphatic rings. The lowest BCUT2D eigenvalue weighted by Crippen LogP contribution is -1.91. The predicted octanol–water partition coefficient (Wildman–Crippen LogP) is 3.47. The van der Waals surface area contributed by atoms with E-state index >= 15 is 0 Å². The topological polar surface area (TPSA) is 55.2 Å². The minimum absolute atomic E-state index is 0.0225. The van der Waals surface area contributed by atoms with E-state index < -0.39 is 4.92 Å². The highest BCUT2D eigenvalue weighted by Gasteiger charge is 2.15. The molecule has 1 rings (SSSR count). The molecule has 7 heteroatoms. The number of nitrogens with one attached hydrogen (secondary N) is 1. The van der Waals surface area contributed by atoms with E-state index in [0.29, 0.717) is 0 Å². The molecule has 4 nitrogen and oxygen atoms in total. The fourth-order valence-corrected chi connectivity index (χ4v) is 1.45. The molecule has 0 aliphatic carbocycles. The SMILES string of the molecule is O=[N+]([O-])c1cc(NCl)c(Cl)cc1Cl. The summed E-state index contributed by atoms with van der Waals surface area (Å²) < 4.78 is 0. The van der Waals surface area contributed by atoms with Crippen molar-refractivity contribution in [1.29, 1.82) is 0 Å². The highest BCUT2D eigenvalue weighted by molar-refractivity contribution is 6.39. The van der Waals surface area contributed by atoms with Crippen molar-refractivity contribution in [2.75, 3.05) is 4.84 Å². The Hall–Kier alpha value is -0.710. The highest BCUT2D eigenvalue weighted by Crippen LogP contribution is 2.33. The summed E-state index contributed by atoms with van der Waals surface area (Å²) in [5, 5.41) is 10.6. The van der Waals surface area contributed by atoms with Crippen LogP contribution in [0.15, 0.2) is 12.1 Å². The van der Waals surface area contributed by atoms with Crippen LogP contribution in [0.4, 0.5) is 11.4 Å². The van der Waals surface area contributed by atoms with Gasteiger partial charge in [0, 0.05) is 17.8 Å². The van der Waals surface area contributed by atoms with Gasteiger partial charge in [0.15, 0.2) is 0 Å². The summed E-state index contributed by atoms with van der Waals surface area (Å²) in [5.41, 5.74) is 0.00801. The summed E-state index contributed by atoms with van der Waals surface area (Å²) in [4.78, 5) is 12.0. The Balaban J connectivity index is 3.30. The molecule has 0 atom stereocenters. The fraction of sp³-hybridized carbons (Fsp3) is 0. The Morgan fingerprint density at radius 2 is 1.92 bits per heavy atom. The first-order chi connectivity index (χ1) is 6.06. The van der Waals surface area contributed by atoms with Gasteiger partial charge in [0.05, 0.1) is 15.6 Å². The van der Waals surface area contributed by atoms with Crippen molar-refractivity contribution in [2.45, 2.75) is 0 Å². The van der Waals surface area contributed by atoms with E-state index in [0.717, 1.165) is 6.07 Å². The monoisotopic (exact) mass is 240 g/mol. The van der Waals surface area contributed by atoms with E-state index in [1.807, 2.05) is 0 Å². The molecule has 70 valence electrons. The normalized spacial score (nSPS) is 9.77. The fourth-order valence-electron chi connectivity index (χ4n) is 0.750. The van der Waals surface area contributed by atoms with Gasteiger partial charge < -0.3 is 0 Å². The number of hydrogen-bond acceptors (Lipinski definition) is 3. The molecule has 0 saturated carbocycles. The van der Waals surface area contributed by atoms with Gasteiger partial charge in [-0.05, 0) is 6.07 Å². The minimum Gasteiger partial charge on any atom is -0.297 e. The van der Waals surface area contributed by atoms with Gasteiger partial charge in [-0.1, -0.05) is 23.2 Å². The molecule has 0 aromatic heterocycles. The van der Waals surface area contributed by atoms with E-state index in [2.05, 4.69) is 4.84 Å². The number of nitro benzene ring substituents is 1. The van der Waals surface area contributed by atoms with Crippen LogP contribution in [0.25, 0.3) is 0 Å². The molecule has 1 N–H and O–H groups in total. The summed E-state index contributed by atoms with van der Waals surface area (Å²) >= 11 is 16.5. The second-order valence-corrected chi connectivity index (χ2v) is 3.14. The Kier molecular flexibility index (Phi) is 3.19. The molecule has 0 fully saturated rings. The standard InChI is InChI=1S/C6H3Cl3N2O2/c7-3-1-4(8)6(11(12)13)2-5(3)10-9/h1-2,10H. The van der Waals surface area contributed by atoms with Gasteiger partial charge in [0.1, 0.15) is 5.02 Å². The van der Waals surface area contributed by atoms with Gasteiger partial charge >= 0.3 is 0 Å². The van der Waals surface area contributed by atoms with E-state index in [9.17, 15) is 10.1 Å². The summed E-state index contributed by atoms with van der Waals surface area (Å²) in [5.74, 6) is 0. The van der Waals surface area contributed by atoms with Crippen molar-refractivity contribution in [3.63, 3.8) is 0 Å². The van der Waals surface area contributed by atoms with E-state index in [-0.39, 0.29) is 21.4 Å². The molecule has 0 bridgehead atoms. The number of nitro groups is 1. The minimum atomic E-state index is -0.615. The third-order valence-corrected chi connectivity index (χ3v) is 2.15. The number of rotatable bonds is 2. The van der Waals surface area contributed by atoms with Crippen LogP contribution < -0.4 is 4.84 Å². The van der Waals surface area contributed by atoms with Gasteiger partial charge in [-0.15, -0.1) is 0 Å². The van der Waals surface area contributed by atoms with Gasteiger partial charge in [-0.2, -0.15) is 0 Å². The molecule has 0 saturated heterocycles. The molecule has 0 heterocycles. The van der Waals surface area contributed by atoms with Gasteiger partial charge in [-0.25, -0.2) is 0 Å². The largest absolute Gasteiger partial charge is 0.297 e. The molecule has 1 aromatic rings. The highest BCUT2D eigenvalue weighted by atomic mass is 35.5. The van der Waals surface area contributed by atoms with Crippen LogP contribution in [-0.4, -0.2) is 4.92 Å². The van der Waals surface area contributed by atoms with Crippen molar-refractivity contribution in [3.05, 3.63) is 32.3 Å². The average molecular weight is 241 g/mol. The molecule has 1 aromatic carbocycles. The van der Waals surface area contributed by atoms with Crippen LogP contribution in [0, 0.1) is 10.1 Å². The van der Waals surface area contributed by atoms with Crippen LogP contribution in [0.3, 0.4) is 0 Å². The molecule has 13 heavy (non-hydrogen) atoms. The van der Waals surface area contributed by atoms with Crippen molar-refractivity contribution < 1.29 is 4.92 Å². The number of benzene rings is 1. The van der Waals surface area contributed by atoms with Gasteiger partial charge in [0.25, 0.3) is 5.69 Å². The maximum atomic E-state index is 10.4. The third kappa shape index (κ3) is 2.15. The van der Waals surface area contributed by atoms with E-state index in [1.165, 1.54) is 6.07 Å². The van der Waals surface area contributed by atoms with Gasteiger partial charge in [0.2, 0.25) is 0 Å². The van der Waals surface area contributed by atoms with Crippen molar-refractivity contribution >= 4 is 46.4 Å². The van der Waals surface area contributed by atoms with Crippen LogP contribution in [0.1, 0.15) is 0 Å².